The van der Waals surface area contributed by atoms with Crippen LogP contribution in [0.1, 0.15) is 41.6 Å². The molecule has 0 spiro atoms. The van der Waals surface area contributed by atoms with Gasteiger partial charge in [-0.25, -0.2) is 4.98 Å². The molecule has 7 nitrogen and oxygen atoms in total. The number of carbonyl (C=O) groups is 1. The Morgan fingerprint density at radius 2 is 1.80 bits per heavy atom. The van der Waals surface area contributed by atoms with Crippen molar-refractivity contribution in [2.75, 3.05) is 20.8 Å². The van der Waals surface area contributed by atoms with Crippen LogP contribution in [-0.2, 0) is 0 Å². The van der Waals surface area contributed by atoms with Gasteiger partial charge in [-0.05, 0) is 68.8 Å². The number of aryl methyl sites for hydroxylation is 1. The number of aromatic nitrogens is 2. The van der Waals surface area contributed by atoms with Crippen molar-refractivity contribution in [2.24, 2.45) is 0 Å². The molecule has 7 heteroatoms. The van der Waals surface area contributed by atoms with Crippen molar-refractivity contribution < 1.29 is 14.3 Å². The van der Waals surface area contributed by atoms with E-state index in [4.69, 9.17) is 14.5 Å². The lowest BCUT2D eigenvalue weighted by Crippen LogP contribution is -2.37. The summed E-state index contributed by atoms with van der Waals surface area (Å²) in [5, 5.41) is 0.495. The number of rotatable bonds is 7. The number of amides is 1. The van der Waals surface area contributed by atoms with Gasteiger partial charge < -0.3 is 14.4 Å². The van der Waals surface area contributed by atoms with E-state index in [1.54, 1.807) is 54.0 Å². The fraction of sp³-hybridized carbons (Fsp3) is 0.250. The Kier molecular flexibility index (Phi) is 6.87. The Hall–Kier alpha value is -4.13. The molecule has 4 aromatic rings. The predicted octanol–water partition coefficient (Wildman–Crippen LogP) is 4.93. The standard InChI is InChI=1S/C28H29N3O4/c1-6-30(27(32)20-10-9-11-21(17-20)34-4)19(3)26-29-23-13-8-7-12-22(23)28(33)31(26)24-16-18(2)14-15-25(24)35-5/h7-17,19H,6H2,1-5H3. The van der Waals surface area contributed by atoms with Crippen molar-refractivity contribution in [2.45, 2.75) is 26.8 Å². The maximum atomic E-state index is 13.8. The van der Waals surface area contributed by atoms with Gasteiger partial charge in [-0.15, -0.1) is 0 Å². The fourth-order valence-electron chi connectivity index (χ4n) is 4.29. The minimum atomic E-state index is -0.513. The topological polar surface area (TPSA) is 73.7 Å². The zero-order chi connectivity index (χ0) is 25.1. The zero-order valence-electron chi connectivity index (χ0n) is 20.6. The summed E-state index contributed by atoms with van der Waals surface area (Å²) < 4.78 is 12.5. The molecule has 0 N–H and O–H groups in total. The first kappa shape index (κ1) is 24.0. The number of ether oxygens (including phenoxy) is 2. The molecule has 4 rings (SSSR count). The molecular formula is C28H29N3O4. The number of carbonyl (C=O) groups excluding carboxylic acids is 1. The molecule has 0 saturated carbocycles. The molecule has 0 aliphatic heterocycles. The van der Waals surface area contributed by atoms with Gasteiger partial charge in [0.15, 0.2) is 0 Å². The van der Waals surface area contributed by atoms with Crippen molar-refractivity contribution in [3.63, 3.8) is 0 Å². The van der Waals surface area contributed by atoms with Crippen molar-refractivity contribution in [3.8, 4) is 17.2 Å². The van der Waals surface area contributed by atoms with E-state index in [0.29, 0.717) is 46.0 Å². The van der Waals surface area contributed by atoms with E-state index in [1.165, 1.54) is 0 Å². The molecule has 35 heavy (non-hydrogen) atoms. The first-order valence-corrected chi connectivity index (χ1v) is 11.5. The van der Waals surface area contributed by atoms with Gasteiger partial charge in [0.05, 0.1) is 36.9 Å². The summed E-state index contributed by atoms with van der Waals surface area (Å²) in [6.07, 6.45) is 0. The molecule has 1 atom stereocenters. The van der Waals surface area contributed by atoms with Crippen LogP contribution in [0.2, 0.25) is 0 Å². The van der Waals surface area contributed by atoms with Gasteiger partial charge in [0.1, 0.15) is 17.3 Å². The second kappa shape index (κ2) is 10.0. The molecular weight excluding hydrogens is 442 g/mol. The molecule has 0 radical (unpaired) electrons. The molecule has 1 heterocycles. The molecule has 0 bridgehead atoms. The highest BCUT2D eigenvalue weighted by atomic mass is 16.5. The van der Waals surface area contributed by atoms with Crippen LogP contribution in [0.5, 0.6) is 11.5 Å². The first-order chi connectivity index (χ1) is 16.9. The SMILES string of the molecule is CCN(C(=O)c1cccc(OC)c1)C(C)c1nc2ccccc2c(=O)n1-c1cc(C)ccc1OC. The molecule has 3 aromatic carbocycles. The minimum Gasteiger partial charge on any atom is -0.497 e. The number of para-hydroxylation sites is 1. The Bertz CT molecular complexity index is 1440. The summed E-state index contributed by atoms with van der Waals surface area (Å²) in [7, 11) is 3.14. The van der Waals surface area contributed by atoms with Gasteiger partial charge in [0.2, 0.25) is 0 Å². The van der Waals surface area contributed by atoms with E-state index in [-0.39, 0.29) is 11.5 Å². The Morgan fingerprint density at radius 3 is 2.51 bits per heavy atom. The molecule has 1 aromatic heterocycles. The zero-order valence-corrected chi connectivity index (χ0v) is 20.6. The highest BCUT2D eigenvalue weighted by Gasteiger charge is 2.27. The van der Waals surface area contributed by atoms with Crippen LogP contribution in [0, 0.1) is 6.92 Å². The number of hydrogen-bond acceptors (Lipinski definition) is 5. The van der Waals surface area contributed by atoms with Crippen LogP contribution in [0.15, 0.2) is 71.5 Å². The number of fused-ring (bicyclic) bond motifs is 1. The predicted molar refractivity (Wildman–Crippen MR) is 137 cm³/mol. The van der Waals surface area contributed by atoms with Crippen LogP contribution in [0.3, 0.4) is 0 Å². The van der Waals surface area contributed by atoms with E-state index in [2.05, 4.69) is 0 Å². The summed E-state index contributed by atoms with van der Waals surface area (Å²) in [6, 6.07) is 19.4. The number of hydrogen-bond donors (Lipinski definition) is 0. The van der Waals surface area contributed by atoms with Crippen LogP contribution < -0.4 is 15.0 Å². The molecule has 0 aliphatic rings. The molecule has 1 amide bonds. The van der Waals surface area contributed by atoms with Crippen LogP contribution in [-0.4, -0.2) is 41.1 Å². The summed E-state index contributed by atoms with van der Waals surface area (Å²) in [4.78, 5) is 34.0. The third-order valence-electron chi connectivity index (χ3n) is 6.14. The molecule has 0 saturated heterocycles. The van der Waals surface area contributed by atoms with E-state index in [1.807, 2.05) is 57.2 Å². The third-order valence-corrected chi connectivity index (χ3v) is 6.14. The second-order valence-electron chi connectivity index (χ2n) is 8.30. The van der Waals surface area contributed by atoms with Gasteiger partial charge in [-0.1, -0.05) is 24.3 Å². The summed E-state index contributed by atoms with van der Waals surface area (Å²) in [5.74, 6) is 1.43. The second-order valence-corrected chi connectivity index (χ2v) is 8.30. The maximum Gasteiger partial charge on any atom is 0.266 e. The molecule has 1 unspecified atom stereocenters. The van der Waals surface area contributed by atoms with Crippen LogP contribution in [0.4, 0.5) is 0 Å². The van der Waals surface area contributed by atoms with E-state index >= 15 is 0 Å². The first-order valence-electron chi connectivity index (χ1n) is 11.5. The van der Waals surface area contributed by atoms with Gasteiger partial charge >= 0.3 is 0 Å². The van der Waals surface area contributed by atoms with Crippen molar-refractivity contribution in [1.29, 1.82) is 0 Å². The molecule has 0 aliphatic carbocycles. The summed E-state index contributed by atoms with van der Waals surface area (Å²) in [6.45, 7) is 6.17. The average Bonchev–Trinajstić information content (AvgIpc) is 2.89. The van der Waals surface area contributed by atoms with Gasteiger partial charge in [0, 0.05) is 12.1 Å². The lowest BCUT2D eigenvalue weighted by molar-refractivity contribution is 0.0693. The Balaban J connectivity index is 1.94. The van der Waals surface area contributed by atoms with E-state index in [0.717, 1.165) is 5.56 Å². The van der Waals surface area contributed by atoms with Gasteiger partial charge in [-0.2, -0.15) is 0 Å². The normalized spacial score (nSPS) is 11.8. The Labute approximate surface area is 204 Å². The monoisotopic (exact) mass is 471 g/mol. The highest BCUT2D eigenvalue weighted by molar-refractivity contribution is 5.95. The number of methoxy groups -OCH3 is 2. The molecule has 0 fully saturated rings. The van der Waals surface area contributed by atoms with Gasteiger partial charge in [-0.3, -0.25) is 14.2 Å². The van der Waals surface area contributed by atoms with Crippen molar-refractivity contribution >= 4 is 16.8 Å². The third kappa shape index (κ3) is 4.49. The lowest BCUT2D eigenvalue weighted by Gasteiger charge is -2.30. The van der Waals surface area contributed by atoms with E-state index in [9.17, 15) is 9.59 Å². The van der Waals surface area contributed by atoms with Crippen molar-refractivity contribution in [1.82, 2.24) is 14.5 Å². The smallest absolute Gasteiger partial charge is 0.266 e. The van der Waals surface area contributed by atoms with Crippen LogP contribution in [0.25, 0.3) is 16.6 Å². The fourth-order valence-corrected chi connectivity index (χ4v) is 4.29. The lowest BCUT2D eigenvalue weighted by atomic mass is 10.1. The van der Waals surface area contributed by atoms with Gasteiger partial charge in [0.25, 0.3) is 11.5 Å². The largest absolute Gasteiger partial charge is 0.497 e. The van der Waals surface area contributed by atoms with Crippen molar-refractivity contribution in [3.05, 3.63) is 94.0 Å². The summed E-state index contributed by atoms with van der Waals surface area (Å²) >= 11 is 0. The minimum absolute atomic E-state index is 0.177. The Morgan fingerprint density at radius 1 is 1.03 bits per heavy atom. The summed E-state index contributed by atoms with van der Waals surface area (Å²) in [5.41, 5.74) is 2.42. The average molecular weight is 472 g/mol. The molecule has 180 valence electrons. The highest BCUT2D eigenvalue weighted by Crippen LogP contribution is 2.29. The number of benzene rings is 3. The maximum absolute atomic E-state index is 13.8. The van der Waals surface area contributed by atoms with Crippen LogP contribution >= 0.6 is 0 Å². The quantitative estimate of drug-likeness (QED) is 0.382. The van der Waals surface area contributed by atoms with E-state index < -0.39 is 6.04 Å². The number of nitrogens with zero attached hydrogens (tertiary/aromatic N) is 3.